The van der Waals surface area contributed by atoms with Gasteiger partial charge in [0.2, 0.25) is 0 Å². The SMILES string of the molecule is COC1CCCCC1[Te]c1ccccc1. The molecule has 0 bridgehead atoms. The monoisotopic (exact) mass is 320 g/mol. The molecule has 2 heteroatoms. The first-order valence-electron chi connectivity index (χ1n) is 5.64. The van der Waals surface area contributed by atoms with Crippen LogP contribution in [0, 0.1) is 0 Å². The summed E-state index contributed by atoms with van der Waals surface area (Å²) in [4.78, 5) is 0. The summed E-state index contributed by atoms with van der Waals surface area (Å²) in [5.41, 5.74) is 0. The van der Waals surface area contributed by atoms with Gasteiger partial charge in [-0.05, 0) is 0 Å². The fourth-order valence-corrected chi connectivity index (χ4v) is 5.99. The molecule has 0 saturated heterocycles. The minimum absolute atomic E-state index is 0.0561. The van der Waals surface area contributed by atoms with Crippen LogP contribution >= 0.6 is 0 Å². The molecule has 15 heavy (non-hydrogen) atoms. The van der Waals surface area contributed by atoms with E-state index in [-0.39, 0.29) is 20.9 Å². The zero-order valence-electron chi connectivity index (χ0n) is 9.19. The maximum atomic E-state index is 5.61. The van der Waals surface area contributed by atoms with Crippen LogP contribution in [-0.2, 0) is 4.74 Å². The molecule has 82 valence electrons. The van der Waals surface area contributed by atoms with Crippen LogP contribution in [0.3, 0.4) is 0 Å². The van der Waals surface area contributed by atoms with Crippen molar-refractivity contribution in [1.82, 2.24) is 0 Å². The summed E-state index contributed by atoms with van der Waals surface area (Å²) in [7, 11) is 1.88. The average molecular weight is 318 g/mol. The molecule has 1 aliphatic carbocycles. The van der Waals surface area contributed by atoms with E-state index in [1.807, 2.05) is 7.11 Å². The molecule has 0 aliphatic heterocycles. The molecular weight excluding hydrogens is 300 g/mol. The van der Waals surface area contributed by atoms with E-state index in [2.05, 4.69) is 30.3 Å². The molecule has 0 aromatic heterocycles. The van der Waals surface area contributed by atoms with Gasteiger partial charge in [0.05, 0.1) is 0 Å². The quantitative estimate of drug-likeness (QED) is 0.778. The first-order valence-corrected chi connectivity index (χ1v) is 8.15. The Balaban J connectivity index is 1.97. The summed E-state index contributed by atoms with van der Waals surface area (Å²) < 4.78 is 8.05. The minimum atomic E-state index is -0.0561. The number of hydrogen-bond donors (Lipinski definition) is 0. The Hall–Kier alpha value is -0.0304. The van der Waals surface area contributed by atoms with E-state index < -0.39 is 0 Å². The van der Waals surface area contributed by atoms with Gasteiger partial charge in [-0.1, -0.05) is 0 Å². The molecule has 0 radical (unpaired) electrons. The van der Waals surface area contributed by atoms with Crippen molar-refractivity contribution in [3.05, 3.63) is 30.3 Å². The van der Waals surface area contributed by atoms with Gasteiger partial charge in [0, 0.05) is 0 Å². The van der Waals surface area contributed by atoms with Gasteiger partial charge in [0.25, 0.3) is 0 Å². The Morgan fingerprint density at radius 2 is 1.87 bits per heavy atom. The van der Waals surface area contributed by atoms with Crippen molar-refractivity contribution >= 4 is 24.5 Å². The molecule has 2 atom stereocenters. The van der Waals surface area contributed by atoms with Gasteiger partial charge in [-0.25, -0.2) is 0 Å². The second kappa shape index (κ2) is 5.89. The van der Waals surface area contributed by atoms with Gasteiger partial charge >= 0.3 is 102 Å². The Labute approximate surface area is 102 Å². The maximum absolute atomic E-state index is 5.61. The van der Waals surface area contributed by atoms with Crippen LogP contribution in [0.2, 0.25) is 3.97 Å². The van der Waals surface area contributed by atoms with Gasteiger partial charge in [-0.3, -0.25) is 0 Å². The topological polar surface area (TPSA) is 9.23 Å². The van der Waals surface area contributed by atoms with Crippen molar-refractivity contribution < 1.29 is 4.74 Å². The number of methoxy groups -OCH3 is 1. The normalized spacial score (nSPS) is 26.5. The molecule has 1 fully saturated rings. The fraction of sp³-hybridized carbons (Fsp3) is 0.538. The van der Waals surface area contributed by atoms with Crippen molar-refractivity contribution in [2.45, 2.75) is 35.8 Å². The number of ether oxygens (including phenoxy) is 1. The molecule has 2 rings (SSSR count). The van der Waals surface area contributed by atoms with Crippen molar-refractivity contribution in [1.29, 1.82) is 0 Å². The number of hydrogen-bond acceptors (Lipinski definition) is 1. The van der Waals surface area contributed by atoms with E-state index in [9.17, 15) is 0 Å². The first-order chi connectivity index (χ1) is 7.40. The molecule has 1 nitrogen and oxygen atoms in total. The molecular formula is C13H18OTe. The van der Waals surface area contributed by atoms with E-state index in [0.29, 0.717) is 6.10 Å². The van der Waals surface area contributed by atoms with Crippen LogP contribution in [-0.4, -0.2) is 34.1 Å². The van der Waals surface area contributed by atoms with Gasteiger partial charge in [-0.15, -0.1) is 0 Å². The zero-order valence-corrected chi connectivity index (χ0v) is 11.5. The zero-order chi connectivity index (χ0) is 10.5. The molecule has 1 saturated carbocycles. The predicted octanol–water partition coefficient (Wildman–Crippen LogP) is 2.39. The first kappa shape index (κ1) is 11.5. The summed E-state index contributed by atoms with van der Waals surface area (Å²) in [6, 6.07) is 11.0. The van der Waals surface area contributed by atoms with E-state index >= 15 is 0 Å². The van der Waals surface area contributed by atoms with Gasteiger partial charge < -0.3 is 0 Å². The second-order valence-corrected chi connectivity index (χ2v) is 7.77. The third-order valence-electron chi connectivity index (χ3n) is 2.98. The van der Waals surface area contributed by atoms with E-state index in [0.717, 1.165) is 3.97 Å². The molecule has 1 aromatic carbocycles. The van der Waals surface area contributed by atoms with Crippen molar-refractivity contribution in [2.24, 2.45) is 0 Å². The molecule has 0 spiro atoms. The number of benzene rings is 1. The average Bonchev–Trinajstić information content (AvgIpc) is 2.31. The summed E-state index contributed by atoms with van der Waals surface area (Å²) in [6.45, 7) is 0. The molecule has 0 N–H and O–H groups in total. The van der Waals surface area contributed by atoms with Crippen molar-refractivity contribution in [3.8, 4) is 0 Å². The Morgan fingerprint density at radius 3 is 2.60 bits per heavy atom. The third kappa shape index (κ3) is 3.21. The third-order valence-corrected chi connectivity index (χ3v) is 6.93. The van der Waals surface area contributed by atoms with Crippen LogP contribution in [0.25, 0.3) is 0 Å². The molecule has 2 unspecified atom stereocenters. The predicted molar refractivity (Wildman–Crippen MR) is 64.8 cm³/mol. The van der Waals surface area contributed by atoms with E-state index in [1.54, 1.807) is 3.61 Å². The summed E-state index contributed by atoms with van der Waals surface area (Å²) in [6.07, 6.45) is 5.97. The Kier molecular flexibility index (Phi) is 4.50. The Morgan fingerprint density at radius 1 is 1.13 bits per heavy atom. The molecule has 0 amide bonds. The van der Waals surface area contributed by atoms with Crippen molar-refractivity contribution in [3.63, 3.8) is 0 Å². The van der Waals surface area contributed by atoms with Gasteiger partial charge in [-0.2, -0.15) is 0 Å². The summed E-state index contributed by atoms with van der Waals surface area (Å²) in [5, 5.41) is 0. The standard InChI is InChI=1S/C13H18OTe/c1-14-12-9-5-6-10-13(12)15-11-7-3-2-4-8-11/h2-4,7-8,12-13H,5-6,9-10H2,1H3. The van der Waals surface area contributed by atoms with Crippen LogP contribution in [0.5, 0.6) is 0 Å². The Bertz CT molecular complexity index is 286. The van der Waals surface area contributed by atoms with E-state index in [4.69, 9.17) is 4.74 Å². The van der Waals surface area contributed by atoms with Gasteiger partial charge in [0.1, 0.15) is 0 Å². The van der Waals surface area contributed by atoms with E-state index in [1.165, 1.54) is 25.7 Å². The fourth-order valence-electron chi connectivity index (χ4n) is 2.14. The second-order valence-electron chi connectivity index (χ2n) is 4.03. The van der Waals surface area contributed by atoms with Crippen LogP contribution in [0.4, 0.5) is 0 Å². The molecule has 0 heterocycles. The van der Waals surface area contributed by atoms with Crippen LogP contribution in [0.15, 0.2) is 30.3 Å². The summed E-state index contributed by atoms with van der Waals surface area (Å²) >= 11 is -0.0561. The summed E-state index contributed by atoms with van der Waals surface area (Å²) in [5.74, 6) is 0. The van der Waals surface area contributed by atoms with Crippen LogP contribution in [0.1, 0.15) is 25.7 Å². The molecule has 1 aromatic rings. The number of rotatable bonds is 3. The van der Waals surface area contributed by atoms with Crippen molar-refractivity contribution in [2.75, 3.05) is 7.11 Å². The van der Waals surface area contributed by atoms with Crippen LogP contribution < -0.4 is 3.61 Å². The molecule has 1 aliphatic rings. The van der Waals surface area contributed by atoms with Gasteiger partial charge in [0.15, 0.2) is 0 Å².